The number of carbonyl (C=O) groups excluding carboxylic acids is 2. The third-order valence-electron chi connectivity index (χ3n) is 4.66. The second kappa shape index (κ2) is 6.11. The number of hydrogen-bond donors (Lipinski definition) is 0. The predicted octanol–water partition coefficient (Wildman–Crippen LogP) is 1.93. The Morgan fingerprint density at radius 3 is 2.54 bits per heavy atom. The molecule has 132 valence electrons. The number of rotatable bonds is 1. The van der Waals surface area contributed by atoms with Crippen molar-refractivity contribution in [1.82, 2.24) is 19.4 Å². The van der Waals surface area contributed by atoms with Crippen LogP contribution in [0.25, 0.3) is 0 Å². The lowest BCUT2D eigenvalue weighted by Gasteiger charge is -2.40. The Kier molecular flexibility index (Phi) is 4.27. The standard InChI is InChI=1S/C17H26N4O3/c1-12-14-9-21(15(22)10-20(14)11-18-12)13-5-7-19(8-6-13)16(23)24-17(2,3)4/h11,13H,5-10H2,1-4H3. The number of imidazole rings is 1. The molecule has 1 fully saturated rings. The van der Waals surface area contributed by atoms with Crippen LogP contribution in [0.4, 0.5) is 4.79 Å². The molecule has 0 aromatic carbocycles. The molecular weight excluding hydrogens is 308 g/mol. The molecule has 1 aromatic heterocycles. The molecule has 3 heterocycles. The van der Waals surface area contributed by atoms with Crippen molar-refractivity contribution < 1.29 is 14.3 Å². The molecule has 2 aliphatic heterocycles. The molecule has 3 rings (SSSR count). The highest BCUT2D eigenvalue weighted by Crippen LogP contribution is 2.24. The number of aromatic nitrogens is 2. The van der Waals surface area contributed by atoms with Crippen molar-refractivity contribution in [2.45, 2.75) is 65.3 Å². The minimum absolute atomic E-state index is 0.135. The van der Waals surface area contributed by atoms with E-state index in [0.29, 0.717) is 26.2 Å². The van der Waals surface area contributed by atoms with Crippen molar-refractivity contribution in [3.63, 3.8) is 0 Å². The molecule has 1 aromatic rings. The van der Waals surface area contributed by atoms with Gasteiger partial charge in [-0.05, 0) is 40.5 Å². The Hall–Kier alpha value is -2.05. The molecule has 2 aliphatic rings. The van der Waals surface area contributed by atoms with Crippen LogP contribution in [0.3, 0.4) is 0 Å². The van der Waals surface area contributed by atoms with E-state index in [1.807, 2.05) is 37.2 Å². The number of hydrogen-bond acceptors (Lipinski definition) is 4. The summed E-state index contributed by atoms with van der Waals surface area (Å²) in [5.74, 6) is 0.135. The number of carbonyl (C=O) groups is 2. The summed E-state index contributed by atoms with van der Waals surface area (Å²) in [7, 11) is 0. The Bertz CT molecular complexity index is 639. The van der Waals surface area contributed by atoms with E-state index in [0.717, 1.165) is 24.2 Å². The quantitative estimate of drug-likeness (QED) is 0.787. The van der Waals surface area contributed by atoms with Gasteiger partial charge in [-0.1, -0.05) is 0 Å². The lowest BCUT2D eigenvalue weighted by atomic mass is 10.0. The van der Waals surface area contributed by atoms with Crippen molar-refractivity contribution >= 4 is 12.0 Å². The fourth-order valence-corrected chi connectivity index (χ4v) is 3.36. The molecule has 0 atom stereocenters. The maximum absolute atomic E-state index is 12.4. The Morgan fingerprint density at radius 1 is 1.25 bits per heavy atom. The Balaban J connectivity index is 1.60. The summed E-state index contributed by atoms with van der Waals surface area (Å²) in [5, 5.41) is 0. The molecule has 0 N–H and O–H groups in total. The van der Waals surface area contributed by atoms with Gasteiger partial charge in [0, 0.05) is 19.1 Å². The summed E-state index contributed by atoms with van der Waals surface area (Å²) in [6.07, 6.45) is 3.06. The summed E-state index contributed by atoms with van der Waals surface area (Å²) in [5.41, 5.74) is 1.62. The molecule has 0 aliphatic carbocycles. The molecule has 0 radical (unpaired) electrons. The van der Waals surface area contributed by atoms with Crippen LogP contribution in [0.15, 0.2) is 6.33 Å². The number of fused-ring (bicyclic) bond motifs is 1. The molecular formula is C17H26N4O3. The average molecular weight is 334 g/mol. The van der Waals surface area contributed by atoms with E-state index >= 15 is 0 Å². The fraction of sp³-hybridized carbons (Fsp3) is 0.706. The van der Waals surface area contributed by atoms with Crippen LogP contribution in [0.2, 0.25) is 0 Å². The zero-order valence-corrected chi connectivity index (χ0v) is 14.9. The molecule has 1 saturated heterocycles. The normalized spacial score (nSPS) is 19.4. The van der Waals surface area contributed by atoms with E-state index in [4.69, 9.17) is 4.74 Å². The number of ether oxygens (including phenoxy) is 1. The first-order valence-corrected chi connectivity index (χ1v) is 8.52. The van der Waals surface area contributed by atoms with E-state index < -0.39 is 5.60 Å². The minimum atomic E-state index is -0.479. The van der Waals surface area contributed by atoms with Crippen LogP contribution in [0.1, 0.15) is 45.0 Å². The SMILES string of the molecule is Cc1ncn2c1CN(C1CCN(C(=O)OC(C)(C)C)CC1)C(=O)C2. The van der Waals surface area contributed by atoms with Gasteiger partial charge in [0.1, 0.15) is 12.1 Å². The summed E-state index contributed by atoms with van der Waals surface area (Å²) in [6, 6.07) is 0.180. The summed E-state index contributed by atoms with van der Waals surface area (Å²) >= 11 is 0. The maximum atomic E-state index is 12.4. The molecule has 0 saturated carbocycles. The first-order valence-electron chi connectivity index (χ1n) is 8.52. The number of piperidine rings is 1. The monoisotopic (exact) mass is 334 g/mol. The summed E-state index contributed by atoms with van der Waals surface area (Å²) in [4.78, 5) is 32.6. The van der Waals surface area contributed by atoms with Crippen LogP contribution in [0.5, 0.6) is 0 Å². The predicted molar refractivity (Wildman–Crippen MR) is 88.3 cm³/mol. The van der Waals surface area contributed by atoms with E-state index in [1.165, 1.54) is 0 Å². The Labute approximate surface area is 142 Å². The molecule has 0 bridgehead atoms. The zero-order chi connectivity index (χ0) is 17.5. The van der Waals surface area contributed by atoms with Gasteiger partial charge in [-0.15, -0.1) is 0 Å². The Morgan fingerprint density at radius 2 is 1.92 bits per heavy atom. The topological polar surface area (TPSA) is 67.7 Å². The smallest absolute Gasteiger partial charge is 0.410 e. The molecule has 7 heteroatoms. The van der Waals surface area contributed by atoms with Gasteiger partial charge in [0.15, 0.2) is 0 Å². The first kappa shape index (κ1) is 16.8. The molecule has 7 nitrogen and oxygen atoms in total. The lowest BCUT2D eigenvalue weighted by molar-refractivity contribution is -0.137. The van der Waals surface area contributed by atoms with Gasteiger partial charge in [-0.25, -0.2) is 9.78 Å². The van der Waals surface area contributed by atoms with Gasteiger partial charge >= 0.3 is 6.09 Å². The number of nitrogens with zero attached hydrogens (tertiary/aromatic N) is 4. The molecule has 0 spiro atoms. The van der Waals surface area contributed by atoms with Gasteiger partial charge in [-0.3, -0.25) is 4.79 Å². The van der Waals surface area contributed by atoms with Crippen molar-refractivity contribution in [2.24, 2.45) is 0 Å². The first-order chi connectivity index (χ1) is 11.2. The lowest BCUT2D eigenvalue weighted by Crippen LogP contribution is -2.51. The van der Waals surface area contributed by atoms with Gasteiger partial charge < -0.3 is 19.1 Å². The fourth-order valence-electron chi connectivity index (χ4n) is 3.36. The maximum Gasteiger partial charge on any atom is 0.410 e. The summed E-state index contributed by atoms with van der Waals surface area (Å²) in [6.45, 7) is 9.82. The van der Waals surface area contributed by atoms with E-state index in [-0.39, 0.29) is 18.0 Å². The number of aryl methyl sites for hydroxylation is 1. The highest BCUT2D eigenvalue weighted by molar-refractivity contribution is 5.77. The minimum Gasteiger partial charge on any atom is -0.444 e. The van der Waals surface area contributed by atoms with E-state index in [2.05, 4.69) is 4.98 Å². The highest BCUT2D eigenvalue weighted by Gasteiger charge is 2.34. The van der Waals surface area contributed by atoms with Crippen LogP contribution in [0, 0.1) is 6.92 Å². The van der Waals surface area contributed by atoms with Crippen molar-refractivity contribution in [3.05, 3.63) is 17.7 Å². The highest BCUT2D eigenvalue weighted by atomic mass is 16.6. The second-order valence-corrected chi connectivity index (χ2v) is 7.62. The third-order valence-corrected chi connectivity index (χ3v) is 4.66. The number of likely N-dealkylation sites (tertiary alicyclic amines) is 1. The van der Waals surface area contributed by atoms with Crippen molar-refractivity contribution in [3.8, 4) is 0 Å². The van der Waals surface area contributed by atoms with Gasteiger partial charge in [-0.2, -0.15) is 0 Å². The van der Waals surface area contributed by atoms with Gasteiger partial charge in [0.25, 0.3) is 0 Å². The molecule has 0 unspecified atom stereocenters. The van der Waals surface area contributed by atoms with E-state index in [1.54, 1.807) is 11.2 Å². The molecule has 24 heavy (non-hydrogen) atoms. The van der Waals surface area contributed by atoms with Crippen molar-refractivity contribution in [1.29, 1.82) is 0 Å². The van der Waals surface area contributed by atoms with Crippen LogP contribution in [-0.4, -0.2) is 56.1 Å². The third kappa shape index (κ3) is 3.39. The van der Waals surface area contributed by atoms with E-state index in [9.17, 15) is 9.59 Å². The van der Waals surface area contributed by atoms with Crippen LogP contribution in [-0.2, 0) is 22.6 Å². The second-order valence-electron chi connectivity index (χ2n) is 7.62. The van der Waals surface area contributed by atoms with Crippen LogP contribution < -0.4 is 0 Å². The summed E-state index contributed by atoms with van der Waals surface area (Å²) < 4.78 is 7.36. The van der Waals surface area contributed by atoms with Gasteiger partial charge in [0.2, 0.25) is 5.91 Å². The largest absolute Gasteiger partial charge is 0.444 e. The molecule has 2 amide bonds. The van der Waals surface area contributed by atoms with Crippen LogP contribution >= 0.6 is 0 Å². The average Bonchev–Trinajstić information content (AvgIpc) is 2.85. The van der Waals surface area contributed by atoms with Gasteiger partial charge in [0.05, 0.1) is 24.3 Å². The number of amides is 2. The van der Waals surface area contributed by atoms with Crippen molar-refractivity contribution in [2.75, 3.05) is 13.1 Å². The zero-order valence-electron chi connectivity index (χ0n) is 14.9.